The van der Waals surface area contributed by atoms with Gasteiger partial charge >= 0.3 is 0 Å². The molecule has 3 aromatic rings. The highest BCUT2D eigenvalue weighted by atomic mass is 127. The molecule has 0 radical (unpaired) electrons. The zero-order valence-corrected chi connectivity index (χ0v) is 21.3. The highest BCUT2D eigenvalue weighted by Crippen LogP contribution is 2.24. The van der Waals surface area contributed by atoms with Crippen LogP contribution < -0.4 is 15.4 Å². The van der Waals surface area contributed by atoms with E-state index in [4.69, 9.17) is 9.15 Å². The normalized spacial score (nSPS) is 15.0. The molecule has 3 heterocycles. The van der Waals surface area contributed by atoms with Crippen molar-refractivity contribution < 1.29 is 9.15 Å². The number of hydrogen-bond donors (Lipinski definition) is 2. The molecule has 1 aliphatic heterocycles. The lowest BCUT2D eigenvalue weighted by Gasteiger charge is -2.26. The second-order valence-electron chi connectivity index (χ2n) is 7.83. The largest absolute Gasteiger partial charge is 0.487 e. The lowest BCUT2D eigenvalue weighted by atomic mass is 10.2. The Labute approximate surface area is 212 Å². The first-order valence-corrected chi connectivity index (χ1v) is 11.2. The summed E-state index contributed by atoms with van der Waals surface area (Å²) in [4.78, 5) is 11.1. The monoisotopic (exact) mass is 561 g/mol. The molecule has 1 unspecified atom stereocenters. The van der Waals surface area contributed by atoms with E-state index in [1.165, 1.54) is 12.8 Å². The number of aromatic nitrogens is 1. The molecule has 1 saturated heterocycles. The number of benzene rings is 1. The third kappa shape index (κ3) is 7.46. The van der Waals surface area contributed by atoms with E-state index in [0.29, 0.717) is 13.2 Å². The Morgan fingerprint density at radius 2 is 1.91 bits per heavy atom. The first kappa shape index (κ1) is 25.0. The summed E-state index contributed by atoms with van der Waals surface area (Å²) in [6.45, 7) is 4.09. The second-order valence-corrected chi connectivity index (χ2v) is 7.83. The summed E-state index contributed by atoms with van der Waals surface area (Å²) in [7, 11) is 1.79. The molecule has 1 aromatic carbocycles. The number of nitrogens with one attached hydrogen (secondary N) is 2. The number of nitrogens with zero attached hydrogens (tertiary/aromatic N) is 3. The predicted molar refractivity (Wildman–Crippen MR) is 141 cm³/mol. The molecule has 0 amide bonds. The zero-order chi connectivity index (χ0) is 22.0. The summed E-state index contributed by atoms with van der Waals surface area (Å²) in [6.07, 6.45) is 6.00. The molecule has 0 aliphatic carbocycles. The number of likely N-dealkylation sites (tertiary alicyclic amines) is 1. The number of halogens is 1. The fraction of sp³-hybridized carbons (Fsp3) is 0.360. The molecule has 0 spiro atoms. The van der Waals surface area contributed by atoms with Crippen molar-refractivity contribution in [3.63, 3.8) is 0 Å². The van der Waals surface area contributed by atoms with Gasteiger partial charge in [-0.3, -0.25) is 14.9 Å². The molecule has 2 aromatic heterocycles. The predicted octanol–water partition coefficient (Wildman–Crippen LogP) is 4.37. The van der Waals surface area contributed by atoms with Gasteiger partial charge in [-0.2, -0.15) is 0 Å². The van der Waals surface area contributed by atoms with Gasteiger partial charge in [0.1, 0.15) is 18.1 Å². The van der Waals surface area contributed by atoms with Crippen LogP contribution in [-0.2, 0) is 13.2 Å². The van der Waals surface area contributed by atoms with Crippen LogP contribution in [0.3, 0.4) is 0 Å². The van der Waals surface area contributed by atoms with Crippen LogP contribution in [-0.4, -0.2) is 42.5 Å². The fourth-order valence-corrected chi connectivity index (χ4v) is 3.89. The quantitative estimate of drug-likeness (QED) is 0.230. The minimum atomic E-state index is 0. The summed E-state index contributed by atoms with van der Waals surface area (Å²) in [5.74, 6) is 2.60. The Hall–Kier alpha value is -2.59. The highest BCUT2D eigenvalue weighted by Gasteiger charge is 2.25. The van der Waals surface area contributed by atoms with Crippen molar-refractivity contribution in [2.24, 2.45) is 4.99 Å². The molecule has 0 bridgehead atoms. The maximum Gasteiger partial charge on any atom is 0.191 e. The molecular weight excluding hydrogens is 529 g/mol. The van der Waals surface area contributed by atoms with E-state index in [-0.39, 0.29) is 30.0 Å². The van der Waals surface area contributed by atoms with Gasteiger partial charge in [-0.05, 0) is 67.9 Å². The van der Waals surface area contributed by atoms with Crippen LogP contribution in [0.2, 0.25) is 0 Å². The van der Waals surface area contributed by atoms with Crippen molar-refractivity contribution in [2.75, 3.05) is 26.7 Å². The van der Waals surface area contributed by atoms with E-state index in [2.05, 4.69) is 43.7 Å². The molecule has 1 atom stereocenters. The summed E-state index contributed by atoms with van der Waals surface area (Å²) in [6, 6.07) is 18.1. The van der Waals surface area contributed by atoms with Crippen LogP contribution in [0.5, 0.6) is 5.75 Å². The van der Waals surface area contributed by atoms with Gasteiger partial charge in [-0.1, -0.05) is 18.2 Å². The minimum Gasteiger partial charge on any atom is -0.487 e. The molecular formula is C25H32IN5O2. The Morgan fingerprint density at radius 3 is 2.58 bits per heavy atom. The number of rotatable bonds is 9. The second kappa shape index (κ2) is 13.2. The Morgan fingerprint density at radius 1 is 1.09 bits per heavy atom. The standard InChI is InChI=1S/C25H31N5O2.HI/c1-26-25(29-18-23(24-8-6-16-31-24)30-14-4-5-15-30)28-17-20-9-11-22(12-10-20)32-19-21-7-2-3-13-27-21;/h2-3,6-13,16,23H,4-5,14-15,17-19H2,1H3,(H2,26,28,29);1H. The molecule has 33 heavy (non-hydrogen) atoms. The van der Waals surface area contributed by atoms with Crippen LogP contribution in [0.25, 0.3) is 0 Å². The van der Waals surface area contributed by atoms with Crippen LogP contribution in [0.4, 0.5) is 0 Å². The van der Waals surface area contributed by atoms with Gasteiger partial charge in [0, 0.05) is 26.3 Å². The fourth-order valence-electron chi connectivity index (χ4n) is 3.89. The van der Waals surface area contributed by atoms with E-state index in [1.807, 2.05) is 36.4 Å². The summed E-state index contributed by atoms with van der Waals surface area (Å²) >= 11 is 0. The lowest BCUT2D eigenvalue weighted by Crippen LogP contribution is -2.42. The average Bonchev–Trinajstić information content (AvgIpc) is 3.56. The van der Waals surface area contributed by atoms with Gasteiger partial charge in [0.25, 0.3) is 0 Å². The number of ether oxygens (including phenoxy) is 1. The third-order valence-electron chi connectivity index (χ3n) is 5.64. The van der Waals surface area contributed by atoms with Crippen molar-refractivity contribution in [3.05, 3.63) is 84.1 Å². The van der Waals surface area contributed by atoms with E-state index < -0.39 is 0 Å². The topological polar surface area (TPSA) is 74.9 Å². The highest BCUT2D eigenvalue weighted by molar-refractivity contribution is 14.0. The number of guanidine groups is 1. The number of hydrogen-bond acceptors (Lipinski definition) is 5. The van der Waals surface area contributed by atoms with Crippen molar-refractivity contribution >= 4 is 29.9 Å². The van der Waals surface area contributed by atoms with Crippen LogP contribution in [0, 0.1) is 0 Å². The maximum atomic E-state index is 5.81. The number of aliphatic imine (C=N–C) groups is 1. The summed E-state index contributed by atoms with van der Waals surface area (Å²) < 4.78 is 11.5. The van der Waals surface area contributed by atoms with E-state index in [0.717, 1.165) is 48.4 Å². The van der Waals surface area contributed by atoms with Gasteiger partial charge < -0.3 is 19.8 Å². The van der Waals surface area contributed by atoms with E-state index in [9.17, 15) is 0 Å². The molecule has 1 fully saturated rings. The molecule has 8 heteroatoms. The van der Waals surface area contributed by atoms with Gasteiger partial charge in [0.15, 0.2) is 5.96 Å². The molecule has 4 rings (SSSR count). The van der Waals surface area contributed by atoms with E-state index >= 15 is 0 Å². The number of pyridine rings is 1. The number of furan rings is 1. The van der Waals surface area contributed by atoms with Crippen molar-refractivity contribution in [3.8, 4) is 5.75 Å². The average molecular weight is 561 g/mol. The first-order chi connectivity index (χ1) is 15.8. The third-order valence-corrected chi connectivity index (χ3v) is 5.64. The maximum absolute atomic E-state index is 5.81. The van der Waals surface area contributed by atoms with Crippen molar-refractivity contribution in [1.82, 2.24) is 20.5 Å². The zero-order valence-electron chi connectivity index (χ0n) is 18.9. The molecule has 2 N–H and O–H groups in total. The van der Waals surface area contributed by atoms with Crippen LogP contribution in [0.1, 0.15) is 35.9 Å². The molecule has 0 saturated carbocycles. The summed E-state index contributed by atoms with van der Waals surface area (Å²) in [5.41, 5.74) is 2.06. The van der Waals surface area contributed by atoms with Gasteiger partial charge in [0.2, 0.25) is 0 Å². The molecule has 7 nitrogen and oxygen atoms in total. The SMILES string of the molecule is CN=C(NCc1ccc(OCc2ccccn2)cc1)NCC(c1ccco1)N1CCCC1.I. The molecule has 1 aliphatic rings. The van der Waals surface area contributed by atoms with Crippen LogP contribution in [0.15, 0.2) is 76.5 Å². The Kier molecular flexibility index (Phi) is 10.0. The molecule has 176 valence electrons. The Bertz CT molecular complexity index is 958. The van der Waals surface area contributed by atoms with Crippen molar-refractivity contribution in [1.29, 1.82) is 0 Å². The van der Waals surface area contributed by atoms with Crippen LogP contribution >= 0.6 is 24.0 Å². The smallest absolute Gasteiger partial charge is 0.191 e. The van der Waals surface area contributed by atoms with E-state index in [1.54, 1.807) is 19.5 Å². The van der Waals surface area contributed by atoms with Gasteiger partial charge in [0.05, 0.1) is 18.0 Å². The lowest BCUT2D eigenvalue weighted by molar-refractivity contribution is 0.215. The van der Waals surface area contributed by atoms with Gasteiger partial charge in [-0.15, -0.1) is 24.0 Å². The Balaban J connectivity index is 0.00000306. The van der Waals surface area contributed by atoms with Crippen molar-refractivity contribution in [2.45, 2.75) is 32.0 Å². The minimum absolute atomic E-state index is 0. The van der Waals surface area contributed by atoms with Gasteiger partial charge in [-0.25, -0.2) is 0 Å². The summed E-state index contributed by atoms with van der Waals surface area (Å²) in [5, 5.41) is 6.85. The first-order valence-electron chi connectivity index (χ1n) is 11.2.